The number of para-hydroxylation sites is 1. The van der Waals surface area contributed by atoms with Gasteiger partial charge in [0.2, 0.25) is 5.91 Å². The predicted octanol–water partition coefficient (Wildman–Crippen LogP) is 3.19. The fourth-order valence-corrected chi connectivity index (χ4v) is 3.75. The molecule has 5 nitrogen and oxygen atoms in total. The van der Waals surface area contributed by atoms with Crippen LogP contribution in [-0.4, -0.2) is 35.8 Å². The molecular weight excluding hydrogens is 338 g/mol. The maximum atomic E-state index is 12.8. The van der Waals surface area contributed by atoms with Gasteiger partial charge in [0.15, 0.2) is 0 Å². The number of hydrogen-bond donors (Lipinski definition) is 2. The minimum atomic E-state index is -0.0492. The Morgan fingerprint density at radius 1 is 1.04 bits per heavy atom. The van der Waals surface area contributed by atoms with Crippen LogP contribution in [0, 0.1) is 5.92 Å². The first-order valence-corrected chi connectivity index (χ1v) is 9.10. The molecule has 1 heterocycles. The van der Waals surface area contributed by atoms with Gasteiger partial charge in [0.1, 0.15) is 0 Å². The maximum Gasteiger partial charge on any atom is 0.255 e. The van der Waals surface area contributed by atoms with Crippen LogP contribution in [0.25, 0.3) is 0 Å². The fraction of sp³-hybridized carbons (Fsp3) is 0.579. The second kappa shape index (κ2) is 9.20. The molecule has 2 fully saturated rings. The number of nitrogens with two attached hydrogens (primary N) is 1. The molecular formula is C19H28ClN3O2. The van der Waals surface area contributed by atoms with Crippen LogP contribution in [0.4, 0.5) is 5.69 Å². The van der Waals surface area contributed by atoms with E-state index in [9.17, 15) is 9.59 Å². The van der Waals surface area contributed by atoms with Crippen molar-refractivity contribution >= 4 is 29.9 Å². The van der Waals surface area contributed by atoms with Gasteiger partial charge in [-0.3, -0.25) is 9.59 Å². The number of anilines is 1. The Labute approximate surface area is 155 Å². The van der Waals surface area contributed by atoms with Crippen LogP contribution in [0.1, 0.15) is 55.3 Å². The van der Waals surface area contributed by atoms with Gasteiger partial charge in [0.25, 0.3) is 5.91 Å². The molecule has 2 aliphatic rings. The average Bonchev–Trinajstić information content (AvgIpc) is 2.62. The number of piperidine rings is 1. The molecule has 1 aromatic carbocycles. The van der Waals surface area contributed by atoms with Crippen LogP contribution in [0.5, 0.6) is 0 Å². The van der Waals surface area contributed by atoms with Gasteiger partial charge in [-0.15, -0.1) is 12.4 Å². The smallest absolute Gasteiger partial charge is 0.255 e. The lowest BCUT2D eigenvalue weighted by atomic mass is 9.85. The van der Waals surface area contributed by atoms with Crippen molar-refractivity contribution in [3.05, 3.63) is 29.8 Å². The third-order valence-electron chi connectivity index (χ3n) is 5.14. The second-order valence-electron chi connectivity index (χ2n) is 7.01. The third-order valence-corrected chi connectivity index (χ3v) is 5.14. The average molecular weight is 366 g/mol. The molecule has 0 radical (unpaired) electrons. The molecule has 0 aromatic heterocycles. The molecule has 3 rings (SSSR count). The molecule has 3 N–H and O–H groups in total. The van der Waals surface area contributed by atoms with Crippen LogP contribution >= 0.6 is 12.4 Å². The number of carbonyl (C=O) groups is 2. The monoisotopic (exact) mass is 365 g/mol. The van der Waals surface area contributed by atoms with Gasteiger partial charge in [-0.25, -0.2) is 0 Å². The Hall–Kier alpha value is -1.59. The zero-order chi connectivity index (χ0) is 16.9. The Balaban J connectivity index is 0.00000225. The molecule has 1 aromatic rings. The first-order chi connectivity index (χ1) is 11.6. The standard InChI is InChI=1S/C19H27N3O2.ClH/c20-15-8-6-7-14(13-15)18(23)21-17-10-3-2-9-16(17)19(24)22-11-4-1-5-12-22;/h2-3,9-10,14-15H,1,4-8,11-13,20H2,(H,21,23);1H. The summed E-state index contributed by atoms with van der Waals surface area (Å²) in [5.41, 5.74) is 7.20. The van der Waals surface area contributed by atoms with Crippen LogP contribution in [0.3, 0.4) is 0 Å². The Bertz CT molecular complexity index is 602. The van der Waals surface area contributed by atoms with E-state index in [1.54, 1.807) is 6.07 Å². The van der Waals surface area contributed by atoms with E-state index >= 15 is 0 Å². The number of carbonyl (C=O) groups excluding carboxylic acids is 2. The lowest BCUT2D eigenvalue weighted by Gasteiger charge is -2.28. The highest BCUT2D eigenvalue weighted by molar-refractivity contribution is 6.04. The fourth-order valence-electron chi connectivity index (χ4n) is 3.75. The zero-order valence-electron chi connectivity index (χ0n) is 14.6. The first kappa shape index (κ1) is 19.7. The zero-order valence-corrected chi connectivity index (χ0v) is 15.4. The number of benzene rings is 1. The SMILES string of the molecule is Cl.NC1CCCC(C(=O)Nc2ccccc2C(=O)N2CCCCC2)C1. The topological polar surface area (TPSA) is 75.4 Å². The molecule has 1 saturated heterocycles. The summed E-state index contributed by atoms with van der Waals surface area (Å²) in [6.07, 6.45) is 6.89. The van der Waals surface area contributed by atoms with E-state index < -0.39 is 0 Å². The Morgan fingerprint density at radius 3 is 2.48 bits per heavy atom. The summed E-state index contributed by atoms with van der Waals surface area (Å²) < 4.78 is 0. The van der Waals surface area contributed by atoms with Crippen molar-refractivity contribution in [1.29, 1.82) is 0 Å². The van der Waals surface area contributed by atoms with Crippen LogP contribution in [0.15, 0.2) is 24.3 Å². The van der Waals surface area contributed by atoms with Crippen LogP contribution in [-0.2, 0) is 4.79 Å². The Kier molecular flexibility index (Phi) is 7.26. The summed E-state index contributed by atoms with van der Waals surface area (Å²) in [4.78, 5) is 27.3. The van der Waals surface area contributed by atoms with Crippen molar-refractivity contribution in [2.75, 3.05) is 18.4 Å². The van der Waals surface area contributed by atoms with Crippen molar-refractivity contribution in [3.63, 3.8) is 0 Å². The van der Waals surface area contributed by atoms with Gasteiger partial charge in [0.05, 0.1) is 11.3 Å². The summed E-state index contributed by atoms with van der Waals surface area (Å²) in [7, 11) is 0. The molecule has 2 atom stereocenters. The highest BCUT2D eigenvalue weighted by Gasteiger charge is 2.27. The van der Waals surface area contributed by atoms with Crippen LogP contribution in [0.2, 0.25) is 0 Å². The number of likely N-dealkylation sites (tertiary alicyclic amines) is 1. The molecule has 1 saturated carbocycles. The van der Waals surface area contributed by atoms with E-state index in [0.29, 0.717) is 11.3 Å². The number of amides is 2. The molecule has 2 unspecified atom stereocenters. The molecule has 2 amide bonds. The number of nitrogens with one attached hydrogen (secondary N) is 1. The minimum Gasteiger partial charge on any atom is -0.339 e. The first-order valence-electron chi connectivity index (χ1n) is 9.10. The lowest BCUT2D eigenvalue weighted by Crippen LogP contribution is -2.37. The van der Waals surface area contributed by atoms with E-state index in [1.807, 2.05) is 23.1 Å². The number of rotatable bonds is 3. The molecule has 6 heteroatoms. The number of hydrogen-bond acceptors (Lipinski definition) is 3. The minimum absolute atomic E-state index is 0. The van der Waals surface area contributed by atoms with Crippen molar-refractivity contribution in [1.82, 2.24) is 4.90 Å². The predicted molar refractivity (Wildman–Crippen MR) is 102 cm³/mol. The summed E-state index contributed by atoms with van der Waals surface area (Å²) in [6.45, 7) is 1.61. The molecule has 138 valence electrons. The van der Waals surface area contributed by atoms with Gasteiger partial charge in [-0.2, -0.15) is 0 Å². The summed E-state index contributed by atoms with van der Waals surface area (Å²) >= 11 is 0. The van der Waals surface area contributed by atoms with Crippen LogP contribution < -0.4 is 11.1 Å². The molecule has 0 bridgehead atoms. The van der Waals surface area contributed by atoms with Gasteiger partial charge < -0.3 is 16.0 Å². The molecule has 25 heavy (non-hydrogen) atoms. The quantitative estimate of drug-likeness (QED) is 0.863. The van der Waals surface area contributed by atoms with Gasteiger partial charge in [-0.1, -0.05) is 18.6 Å². The normalized spacial score (nSPS) is 23.5. The number of nitrogens with zero attached hydrogens (tertiary/aromatic N) is 1. The molecule has 1 aliphatic carbocycles. The van der Waals surface area contributed by atoms with E-state index in [4.69, 9.17) is 5.73 Å². The van der Waals surface area contributed by atoms with Crippen molar-refractivity contribution in [3.8, 4) is 0 Å². The number of halogens is 1. The molecule has 1 aliphatic heterocycles. The van der Waals surface area contributed by atoms with E-state index in [1.165, 1.54) is 6.42 Å². The molecule has 0 spiro atoms. The summed E-state index contributed by atoms with van der Waals surface area (Å²) in [5.74, 6) is -0.0399. The third kappa shape index (κ3) is 4.95. The van der Waals surface area contributed by atoms with Crippen molar-refractivity contribution in [2.24, 2.45) is 11.7 Å². The van der Waals surface area contributed by atoms with Crippen molar-refractivity contribution in [2.45, 2.75) is 51.0 Å². The van der Waals surface area contributed by atoms with Gasteiger partial charge >= 0.3 is 0 Å². The van der Waals surface area contributed by atoms with E-state index in [2.05, 4.69) is 5.32 Å². The summed E-state index contributed by atoms with van der Waals surface area (Å²) in [5, 5.41) is 2.98. The largest absolute Gasteiger partial charge is 0.339 e. The summed E-state index contributed by atoms with van der Waals surface area (Å²) in [6, 6.07) is 7.44. The lowest BCUT2D eigenvalue weighted by molar-refractivity contribution is -0.120. The second-order valence-corrected chi connectivity index (χ2v) is 7.01. The van der Waals surface area contributed by atoms with Gasteiger partial charge in [-0.05, 0) is 50.7 Å². The van der Waals surface area contributed by atoms with Gasteiger partial charge in [0, 0.05) is 25.0 Å². The highest BCUT2D eigenvalue weighted by Crippen LogP contribution is 2.26. The van der Waals surface area contributed by atoms with E-state index in [0.717, 1.165) is 51.6 Å². The highest BCUT2D eigenvalue weighted by atomic mass is 35.5. The maximum absolute atomic E-state index is 12.8. The van der Waals surface area contributed by atoms with Crippen molar-refractivity contribution < 1.29 is 9.59 Å². The van der Waals surface area contributed by atoms with E-state index in [-0.39, 0.29) is 36.2 Å². The Morgan fingerprint density at radius 2 is 1.76 bits per heavy atom.